The maximum absolute atomic E-state index is 11.9. The normalized spacial score (nSPS) is 19.8. The molecular weight excluding hydrogens is 236 g/mol. The number of hydrogen-bond donors (Lipinski definition) is 2. The first kappa shape index (κ1) is 11.0. The summed E-state index contributed by atoms with van der Waals surface area (Å²) in [5, 5.41) is 3.12. The van der Waals surface area contributed by atoms with Crippen molar-refractivity contribution in [2.75, 3.05) is 11.3 Å². The summed E-state index contributed by atoms with van der Waals surface area (Å²) >= 11 is 0. The largest absolute Gasteiger partial charge is 0.312 e. The highest BCUT2D eigenvalue weighted by atomic mass is 32.2. The summed E-state index contributed by atoms with van der Waals surface area (Å²) in [6, 6.07) is 5.83. The average Bonchev–Trinajstić information content (AvgIpc) is 3.13. The third kappa shape index (κ3) is 2.17. The van der Waals surface area contributed by atoms with Gasteiger partial charge in [-0.2, -0.15) is 0 Å². The topological polar surface area (TPSA) is 58.2 Å². The van der Waals surface area contributed by atoms with Gasteiger partial charge in [-0.15, -0.1) is 0 Å². The van der Waals surface area contributed by atoms with Crippen molar-refractivity contribution in [2.45, 2.75) is 31.1 Å². The molecule has 17 heavy (non-hydrogen) atoms. The first-order valence-electron chi connectivity index (χ1n) is 6.00. The van der Waals surface area contributed by atoms with E-state index in [2.05, 4.69) is 16.1 Å². The van der Waals surface area contributed by atoms with E-state index in [0.717, 1.165) is 43.6 Å². The smallest absolute Gasteiger partial charge is 0.235 e. The van der Waals surface area contributed by atoms with E-state index in [1.807, 2.05) is 12.1 Å². The Kier molecular flexibility index (Phi) is 2.60. The third-order valence-electron chi connectivity index (χ3n) is 3.36. The number of rotatable bonds is 3. The molecule has 1 aromatic carbocycles. The molecule has 0 amide bonds. The lowest BCUT2D eigenvalue weighted by Crippen LogP contribution is -2.26. The number of nitrogens with one attached hydrogen (secondary N) is 2. The fraction of sp³-hybridized carbons (Fsp3) is 0.500. The van der Waals surface area contributed by atoms with Crippen molar-refractivity contribution in [3.8, 4) is 0 Å². The fourth-order valence-electron chi connectivity index (χ4n) is 2.24. The van der Waals surface area contributed by atoms with Crippen molar-refractivity contribution >= 4 is 15.7 Å². The Morgan fingerprint density at radius 1 is 1.29 bits per heavy atom. The summed E-state index contributed by atoms with van der Waals surface area (Å²) in [6.07, 6.45) is 2.48. The molecule has 1 saturated carbocycles. The van der Waals surface area contributed by atoms with Crippen LogP contribution in [0.2, 0.25) is 0 Å². The minimum Gasteiger partial charge on any atom is -0.312 e. The van der Waals surface area contributed by atoms with Crippen LogP contribution in [0.15, 0.2) is 18.2 Å². The molecule has 1 fully saturated rings. The molecule has 1 aliphatic carbocycles. The molecule has 2 aliphatic rings. The lowest BCUT2D eigenvalue weighted by Gasteiger charge is -2.20. The standard InChI is InChI=1S/C12H16N2O2S/c15-17(16,10-4-5-10)14-12-3-1-2-9-8-13-7-6-11(9)12/h1-3,10,13-14H,4-8H2. The van der Waals surface area contributed by atoms with E-state index in [-0.39, 0.29) is 5.25 Å². The molecule has 4 nitrogen and oxygen atoms in total. The zero-order valence-electron chi connectivity index (χ0n) is 9.57. The predicted molar refractivity (Wildman–Crippen MR) is 67.4 cm³/mol. The summed E-state index contributed by atoms with van der Waals surface area (Å²) < 4.78 is 26.6. The number of benzene rings is 1. The van der Waals surface area contributed by atoms with Crippen molar-refractivity contribution in [1.82, 2.24) is 5.32 Å². The maximum Gasteiger partial charge on any atom is 0.235 e. The molecule has 0 saturated heterocycles. The van der Waals surface area contributed by atoms with Crippen LogP contribution in [0, 0.1) is 0 Å². The van der Waals surface area contributed by atoms with Gasteiger partial charge in [0.1, 0.15) is 0 Å². The highest BCUT2D eigenvalue weighted by molar-refractivity contribution is 7.93. The molecule has 0 spiro atoms. The molecular formula is C12H16N2O2S. The zero-order valence-corrected chi connectivity index (χ0v) is 10.4. The van der Waals surface area contributed by atoms with Gasteiger partial charge in [-0.05, 0) is 43.0 Å². The average molecular weight is 252 g/mol. The quantitative estimate of drug-likeness (QED) is 0.851. The Bertz CT molecular complexity index is 535. The van der Waals surface area contributed by atoms with Gasteiger partial charge in [0.2, 0.25) is 10.0 Å². The van der Waals surface area contributed by atoms with E-state index in [0.29, 0.717) is 0 Å². The van der Waals surface area contributed by atoms with E-state index in [1.54, 1.807) is 0 Å². The third-order valence-corrected chi connectivity index (χ3v) is 5.21. The summed E-state index contributed by atoms with van der Waals surface area (Å²) in [6.45, 7) is 1.74. The monoisotopic (exact) mass is 252 g/mol. The van der Waals surface area contributed by atoms with Crippen LogP contribution in [0.1, 0.15) is 24.0 Å². The minimum absolute atomic E-state index is 0.167. The maximum atomic E-state index is 11.9. The zero-order chi connectivity index (χ0) is 11.9. The van der Waals surface area contributed by atoms with Gasteiger partial charge in [0.05, 0.1) is 10.9 Å². The highest BCUT2D eigenvalue weighted by Gasteiger charge is 2.36. The summed E-state index contributed by atoms with van der Waals surface area (Å²) in [5.41, 5.74) is 3.12. The Morgan fingerprint density at radius 3 is 2.88 bits per heavy atom. The molecule has 3 rings (SSSR count). The van der Waals surface area contributed by atoms with Crippen LogP contribution in [-0.2, 0) is 23.0 Å². The predicted octanol–water partition coefficient (Wildman–Crippen LogP) is 1.24. The Morgan fingerprint density at radius 2 is 2.12 bits per heavy atom. The van der Waals surface area contributed by atoms with Gasteiger partial charge in [0.25, 0.3) is 0 Å². The molecule has 5 heteroatoms. The molecule has 0 bridgehead atoms. The number of fused-ring (bicyclic) bond motifs is 1. The van der Waals surface area contributed by atoms with Gasteiger partial charge in [-0.3, -0.25) is 4.72 Å². The van der Waals surface area contributed by atoms with Gasteiger partial charge >= 0.3 is 0 Å². The molecule has 0 aromatic heterocycles. The molecule has 1 heterocycles. The van der Waals surface area contributed by atoms with Crippen LogP contribution in [0.4, 0.5) is 5.69 Å². The summed E-state index contributed by atoms with van der Waals surface area (Å²) in [4.78, 5) is 0. The van der Waals surface area contributed by atoms with Crippen molar-refractivity contribution in [3.05, 3.63) is 29.3 Å². The second-order valence-corrected chi connectivity index (χ2v) is 6.68. The van der Waals surface area contributed by atoms with Crippen molar-refractivity contribution < 1.29 is 8.42 Å². The number of sulfonamides is 1. The van der Waals surface area contributed by atoms with E-state index in [9.17, 15) is 8.42 Å². The van der Waals surface area contributed by atoms with E-state index in [1.165, 1.54) is 5.56 Å². The van der Waals surface area contributed by atoms with Gasteiger partial charge in [0, 0.05) is 6.54 Å². The SMILES string of the molecule is O=S(=O)(Nc1cccc2c1CCNC2)C1CC1. The lowest BCUT2D eigenvalue weighted by molar-refractivity contribution is 0.599. The lowest BCUT2D eigenvalue weighted by atomic mass is 9.99. The Hall–Kier alpha value is -1.07. The van der Waals surface area contributed by atoms with Crippen LogP contribution in [0.25, 0.3) is 0 Å². The molecule has 92 valence electrons. The fourth-order valence-corrected chi connectivity index (χ4v) is 3.66. The number of anilines is 1. The van der Waals surface area contributed by atoms with Crippen molar-refractivity contribution in [2.24, 2.45) is 0 Å². The second-order valence-electron chi connectivity index (χ2n) is 4.72. The molecule has 1 aromatic rings. The van der Waals surface area contributed by atoms with Crippen molar-refractivity contribution in [3.63, 3.8) is 0 Å². The first-order valence-corrected chi connectivity index (χ1v) is 7.54. The van der Waals surface area contributed by atoms with Crippen LogP contribution in [0.3, 0.4) is 0 Å². The Balaban J connectivity index is 1.92. The second kappa shape index (κ2) is 3.99. The molecule has 2 N–H and O–H groups in total. The van der Waals surface area contributed by atoms with Gasteiger partial charge in [0.15, 0.2) is 0 Å². The van der Waals surface area contributed by atoms with Crippen molar-refractivity contribution in [1.29, 1.82) is 0 Å². The number of hydrogen-bond acceptors (Lipinski definition) is 3. The van der Waals surface area contributed by atoms with Crippen LogP contribution >= 0.6 is 0 Å². The van der Waals surface area contributed by atoms with Gasteiger partial charge in [-0.1, -0.05) is 12.1 Å². The molecule has 0 atom stereocenters. The Labute approximate surface area is 101 Å². The first-order chi connectivity index (χ1) is 8.17. The molecule has 0 radical (unpaired) electrons. The minimum atomic E-state index is -3.14. The van der Waals surface area contributed by atoms with E-state index in [4.69, 9.17) is 0 Å². The van der Waals surface area contributed by atoms with Crippen LogP contribution in [0.5, 0.6) is 0 Å². The molecule has 0 unspecified atom stereocenters. The summed E-state index contributed by atoms with van der Waals surface area (Å²) in [5.74, 6) is 0. The van der Waals surface area contributed by atoms with Crippen LogP contribution < -0.4 is 10.0 Å². The van der Waals surface area contributed by atoms with Crippen LogP contribution in [-0.4, -0.2) is 20.2 Å². The van der Waals surface area contributed by atoms with E-state index >= 15 is 0 Å². The highest BCUT2D eigenvalue weighted by Crippen LogP contribution is 2.31. The molecule has 1 aliphatic heterocycles. The van der Waals surface area contributed by atoms with Gasteiger partial charge < -0.3 is 5.32 Å². The van der Waals surface area contributed by atoms with E-state index < -0.39 is 10.0 Å². The summed E-state index contributed by atoms with van der Waals surface area (Å²) in [7, 11) is -3.14. The van der Waals surface area contributed by atoms with Gasteiger partial charge in [-0.25, -0.2) is 8.42 Å².